The molecular weight excluding hydrogens is 310 g/mol. The highest BCUT2D eigenvalue weighted by atomic mass is 16.6. The van der Waals surface area contributed by atoms with Crippen LogP contribution >= 0.6 is 0 Å². The van der Waals surface area contributed by atoms with E-state index < -0.39 is 0 Å². The van der Waals surface area contributed by atoms with Crippen LogP contribution in [-0.4, -0.2) is 67.7 Å². The molecular formula is C17H25N3O4. The zero-order chi connectivity index (χ0) is 17.5. The molecule has 24 heavy (non-hydrogen) atoms. The lowest BCUT2D eigenvalue weighted by atomic mass is 10.2. The molecule has 1 saturated heterocycles. The summed E-state index contributed by atoms with van der Waals surface area (Å²) in [6, 6.07) is 6.99. The molecule has 0 bridgehead atoms. The first-order valence-corrected chi connectivity index (χ1v) is 8.15. The van der Waals surface area contributed by atoms with Gasteiger partial charge in [-0.1, -0.05) is 6.07 Å². The Balaban J connectivity index is 1.86. The van der Waals surface area contributed by atoms with Gasteiger partial charge in [0.2, 0.25) is 5.91 Å². The highest BCUT2D eigenvalue weighted by Crippen LogP contribution is 2.17. The maximum Gasteiger partial charge on any atom is 0.409 e. The van der Waals surface area contributed by atoms with E-state index in [0.29, 0.717) is 44.2 Å². The summed E-state index contributed by atoms with van der Waals surface area (Å²) in [5, 5.41) is 2.90. The van der Waals surface area contributed by atoms with Gasteiger partial charge in [-0.15, -0.1) is 0 Å². The molecule has 7 heteroatoms. The number of amides is 2. The predicted molar refractivity (Wildman–Crippen MR) is 91.3 cm³/mol. The van der Waals surface area contributed by atoms with E-state index in [1.807, 2.05) is 25.1 Å². The summed E-state index contributed by atoms with van der Waals surface area (Å²) < 4.78 is 10.2. The summed E-state index contributed by atoms with van der Waals surface area (Å²) in [6.45, 7) is 6.45. The summed E-state index contributed by atoms with van der Waals surface area (Å²) in [5.41, 5.74) is 0.705. The third-order valence-corrected chi connectivity index (χ3v) is 4.10. The monoisotopic (exact) mass is 335 g/mol. The normalized spacial score (nSPS) is 16.4. The average Bonchev–Trinajstić information content (AvgIpc) is 2.61. The van der Waals surface area contributed by atoms with Gasteiger partial charge in [0.15, 0.2) is 0 Å². The second-order valence-electron chi connectivity index (χ2n) is 5.62. The molecule has 1 heterocycles. The fourth-order valence-electron chi connectivity index (χ4n) is 2.62. The summed E-state index contributed by atoms with van der Waals surface area (Å²) in [7, 11) is 1.59. The SMILES string of the molecule is CCOC(=O)N1CCN([C@@H](C)C(=O)Nc2cccc(OC)c2)CC1. The molecule has 132 valence electrons. The zero-order valence-electron chi connectivity index (χ0n) is 14.4. The van der Waals surface area contributed by atoms with Gasteiger partial charge >= 0.3 is 6.09 Å². The first-order chi connectivity index (χ1) is 11.5. The second-order valence-corrected chi connectivity index (χ2v) is 5.62. The number of carbonyl (C=O) groups is 2. The van der Waals surface area contributed by atoms with Crippen LogP contribution in [0.3, 0.4) is 0 Å². The molecule has 1 aromatic rings. The predicted octanol–water partition coefficient (Wildman–Crippen LogP) is 1.80. The molecule has 1 atom stereocenters. The van der Waals surface area contributed by atoms with E-state index in [1.165, 1.54) is 0 Å². The number of nitrogens with one attached hydrogen (secondary N) is 1. The number of ether oxygens (including phenoxy) is 2. The molecule has 0 radical (unpaired) electrons. The number of carbonyl (C=O) groups excluding carboxylic acids is 2. The minimum atomic E-state index is -0.286. The van der Waals surface area contributed by atoms with Gasteiger partial charge in [-0.2, -0.15) is 0 Å². The number of hydrogen-bond acceptors (Lipinski definition) is 5. The Labute approximate surface area is 142 Å². The van der Waals surface area contributed by atoms with Crippen LogP contribution in [0.1, 0.15) is 13.8 Å². The highest BCUT2D eigenvalue weighted by Gasteiger charge is 2.28. The second kappa shape index (κ2) is 8.54. The van der Waals surface area contributed by atoms with Crippen molar-refractivity contribution in [1.82, 2.24) is 9.80 Å². The van der Waals surface area contributed by atoms with Crippen molar-refractivity contribution in [2.24, 2.45) is 0 Å². The smallest absolute Gasteiger partial charge is 0.409 e. The minimum absolute atomic E-state index is 0.0761. The Kier molecular flexibility index (Phi) is 6.43. The molecule has 1 aliphatic rings. The molecule has 0 unspecified atom stereocenters. The van der Waals surface area contributed by atoms with Crippen LogP contribution < -0.4 is 10.1 Å². The number of benzene rings is 1. The largest absolute Gasteiger partial charge is 0.497 e. The van der Waals surface area contributed by atoms with Gasteiger partial charge in [0.05, 0.1) is 19.8 Å². The Hall–Kier alpha value is -2.28. The Morgan fingerprint density at radius 2 is 1.96 bits per heavy atom. The van der Waals surface area contributed by atoms with Gasteiger partial charge < -0.3 is 19.7 Å². The van der Waals surface area contributed by atoms with Crippen molar-refractivity contribution in [1.29, 1.82) is 0 Å². The molecule has 2 rings (SSSR count). The molecule has 1 N–H and O–H groups in total. The summed E-state index contributed by atoms with van der Waals surface area (Å²) >= 11 is 0. The maximum absolute atomic E-state index is 12.4. The number of nitrogens with zero attached hydrogens (tertiary/aromatic N) is 2. The lowest BCUT2D eigenvalue weighted by Crippen LogP contribution is -2.54. The van der Waals surface area contributed by atoms with E-state index in [4.69, 9.17) is 9.47 Å². The van der Waals surface area contributed by atoms with Crippen molar-refractivity contribution in [3.63, 3.8) is 0 Å². The van der Waals surface area contributed by atoms with Crippen LogP contribution in [0.2, 0.25) is 0 Å². The molecule has 0 aliphatic carbocycles. The Morgan fingerprint density at radius 1 is 1.25 bits per heavy atom. The maximum atomic E-state index is 12.4. The topological polar surface area (TPSA) is 71.1 Å². The van der Waals surface area contributed by atoms with Gasteiger partial charge in [-0.05, 0) is 26.0 Å². The third kappa shape index (κ3) is 4.61. The first kappa shape index (κ1) is 18.1. The number of rotatable bonds is 5. The average molecular weight is 335 g/mol. The number of anilines is 1. The van der Waals surface area contributed by atoms with Crippen LogP contribution in [0, 0.1) is 0 Å². The molecule has 2 amide bonds. The van der Waals surface area contributed by atoms with E-state index in [0.717, 1.165) is 0 Å². The summed E-state index contributed by atoms with van der Waals surface area (Å²) in [5.74, 6) is 0.622. The lowest BCUT2D eigenvalue weighted by Gasteiger charge is -2.36. The zero-order valence-corrected chi connectivity index (χ0v) is 14.4. The molecule has 0 aromatic heterocycles. The van der Waals surface area contributed by atoms with E-state index in [9.17, 15) is 9.59 Å². The number of methoxy groups -OCH3 is 1. The quantitative estimate of drug-likeness (QED) is 0.888. The summed E-state index contributed by atoms with van der Waals surface area (Å²) in [6.07, 6.45) is -0.286. The molecule has 0 saturated carbocycles. The van der Waals surface area contributed by atoms with E-state index in [-0.39, 0.29) is 18.0 Å². The standard InChI is InChI=1S/C17H25N3O4/c1-4-24-17(22)20-10-8-19(9-11-20)13(2)16(21)18-14-6-5-7-15(12-14)23-3/h5-7,12-13H,4,8-11H2,1-3H3,(H,18,21)/t13-/m0/s1. The van der Waals surface area contributed by atoms with Gasteiger partial charge in [-0.3, -0.25) is 9.69 Å². The van der Waals surface area contributed by atoms with Crippen molar-refractivity contribution in [3.05, 3.63) is 24.3 Å². The fourth-order valence-corrected chi connectivity index (χ4v) is 2.62. The lowest BCUT2D eigenvalue weighted by molar-refractivity contribution is -0.121. The molecule has 1 aromatic carbocycles. The Morgan fingerprint density at radius 3 is 2.58 bits per heavy atom. The van der Waals surface area contributed by atoms with E-state index in [1.54, 1.807) is 25.0 Å². The van der Waals surface area contributed by atoms with Crippen molar-refractivity contribution < 1.29 is 19.1 Å². The fraction of sp³-hybridized carbons (Fsp3) is 0.529. The van der Waals surface area contributed by atoms with Crippen LogP contribution in [0.5, 0.6) is 5.75 Å². The van der Waals surface area contributed by atoms with Gasteiger partial charge in [0, 0.05) is 37.9 Å². The van der Waals surface area contributed by atoms with E-state index >= 15 is 0 Å². The van der Waals surface area contributed by atoms with Crippen molar-refractivity contribution in [3.8, 4) is 5.75 Å². The van der Waals surface area contributed by atoms with Gasteiger partial charge in [0.1, 0.15) is 5.75 Å². The van der Waals surface area contributed by atoms with Crippen LogP contribution in [0.4, 0.5) is 10.5 Å². The van der Waals surface area contributed by atoms with Gasteiger partial charge in [0.25, 0.3) is 0 Å². The van der Waals surface area contributed by atoms with Crippen LogP contribution in [0.25, 0.3) is 0 Å². The Bertz CT molecular complexity index is 571. The number of piperazine rings is 1. The van der Waals surface area contributed by atoms with Crippen molar-refractivity contribution >= 4 is 17.7 Å². The highest BCUT2D eigenvalue weighted by molar-refractivity contribution is 5.94. The van der Waals surface area contributed by atoms with Crippen LogP contribution in [-0.2, 0) is 9.53 Å². The molecule has 1 aliphatic heterocycles. The minimum Gasteiger partial charge on any atom is -0.497 e. The van der Waals surface area contributed by atoms with E-state index in [2.05, 4.69) is 10.2 Å². The van der Waals surface area contributed by atoms with Crippen molar-refractivity contribution in [2.45, 2.75) is 19.9 Å². The third-order valence-electron chi connectivity index (χ3n) is 4.10. The molecule has 7 nitrogen and oxygen atoms in total. The number of hydrogen-bond donors (Lipinski definition) is 1. The van der Waals surface area contributed by atoms with Crippen molar-refractivity contribution in [2.75, 3.05) is 45.2 Å². The first-order valence-electron chi connectivity index (χ1n) is 8.15. The molecule has 0 spiro atoms. The summed E-state index contributed by atoms with van der Waals surface area (Å²) in [4.78, 5) is 27.9. The van der Waals surface area contributed by atoms with Crippen LogP contribution in [0.15, 0.2) is 24.3 Å². The van der Waals surface area contributed by atoms with Gasteiger partial charge in [-0.25, -0.2) is 4.79 Å². The molecule has 1 fully saturated rings.